The summed E-state index contributed by atoms with van der Waals surface area (Å²) in [5.74, 6) is -0.369. The molecule has 2 heterocycles. The summed E-state index contributed by atoms with van der Waals surface area (Å²) < 4.78 is 23.1. The minimum Gasteiger partial charge on any atom is -0.462 e. The van der Waals surface area contributed by atoms with Crippen molar-refractivity contribution in [2.24, 2.45) is 11.8 Å². The summed E-state index contributed by atoms with van der Waals surface area (Å²) >= 11 is 0. The molecule has 0 amide bonds. The van der Waals surface area contributed by atoms with Gasteiger partial charge in [-0.3, -0.25) is 9.59 Å². The molecule has 2 saturated heterocycles. The van der Waals surface area contributed by atoms with Crippen LogP contribution >= 0.6 is 0 Å². The van der Waals surface area contributed by atoms with Crippen LogP contribution < -0.4 is 0 Å². The van der Waals surface area contributed by atoms with E-state index in [0.717, 1.165) is 38.7 Å². The molecule has 1 saturated carbocycles. The van der Waals surface area contributed by atoms with E-state index in [2.05, 4.69) is 19.1 Å². The molecule has 1 unspecified atom stereocenters. The Bertz CT molecular complexity index is 582. The molecular formula is C24H38O6. The lowest BCUT2D eigenvalue weighted by Gasteiger charge is -2.27. The van der Waals surface area contributed by atoms with Crippen LogP contribution in [0.25, 0.3) is 0 Å². The number of fused-ring (bicyclic) bond motifs is 1. The van der Waals surface area contributed by atoms with Gasteiger partial charge in [0.05, 0.1) is 12.5 Å². The first-order chi connectivity index (χ1) is 14.6. The second-order valence-electron chi connectivity index (χ2n) is 8.92. The Hall–Kier alpha value is -1.40. The molecule has 0 spiro atoms. The third-order valence-electron chi connectivity index (χ3n) is 6.47. The maximum absolute atomic E-state index is 11.8. The highest BCUT2D eigenvalue weighted by molar-refractivity contribution is 5.72. The maximum Gasteiger partial charge on any atom is 0.306 e. The predicted octanol–water partition coefficient (Wildman–Crippen LogP) is 4.70. The quantitative estimate of drug-likeness (QED) is 0.273. The normalized spacial score (nSPS) is 32.2. The van der Waals surface area contributed by atoms with Crippen molar-refractivity contribution in [2.45, 2.75) is 109 Å². The number of esters is 2. The van der Waals surface area contributed by atoms with E-state index in [0.29, 0.717) is 12.8 Å². The SMILES string of the molecule is CCCCCCC[C@H](/C=C/[C@@H]1[C@H]2CC(=O)O[C@H]2C[C@H]1OC(C)=O)OC1CCCCO1. The molecule has 0 N–H and O–H groups in total. The van der Waals surface area contributed by atoms with Crippen molar-refractivity contribution in [3.63, 3.8) is 0 Å². The fourth-order valence-corrected chi connectivity index (χ4v) is 4.93. The van der Waals surface area contributed by atoms with Gasteiger partial charge in [-0.2, -0.15) is 0 Å². The fourth-order valence-electron chi connectivity index (χ4n) is 4.93. The summed E-state index contributed by atoms with van der Waals surface area (Å²) in [4.78, 5) is 23.3. The summed E-state index contributed by atoms with van der Waals surface area (Å²) in [6.07, 6.45) is 14.9. The Morgan fingerprint density at radius 2 is 2.07 bits per heavy atom. The average molecular weight is 423 g/mol. The van der Waals surface area contributed by atoms with Crippen molar-refractivity contribution in [1.29, 1.82) is 0 Å². The number of carbonyl (C=O) groups excluding carboxylic acids is 2. The van der Waals surface area contributed by atoms with E-state index >= 15 is 0 Å². The van der Waals surface area contributed by atoms with Crippen LogP contribution in [0.1, 0.15) is 84.5 Å². The Morgan fingerprint density at radius 1 is 1.23 bits per heavy atom. The van der Waals surface area contributed by atoms with Crippen LogP contribution in [0.2, 0.25) is 0 Å². The van der Waals surface area contributed by atoms with Gasteiger partial charge in [0, 0.05) is 31.8 Å². The van der Waals surface area contributed by atoms with Gasteiger partial charge in [0.15, 0.2) is 6.29 Å². The molecule has 170 valence electrons. The van der Waals surface area contributed by atoms with Gasteiger partial charge < -0.3 is 18.9 Å². The molecular weight excluding hydrogens is 384 g/mol. The van der Waals surface area contributed by atoms with Gasteiger partial charge in [-0.15, -0.1) is 0 Å². The molecule has 6 nitrogen and oxygen atoms in total. The van der Waals surface area contributed by atoms with Crippen LogP contribution in [0.5, 0.6) is 0 Å². The van der Waals surface area contributed by atoms with E-state index in [1.807, 2.05) is 0 Å². The van der Waals surface area contributed by atoms with Crippen molar-refractivity contribution in [2.75, 3.05) is 6.61 Å². The molecule has 0 aromatic heterocycles. The van der Waals surface area contributed by atoms with Crippen molar-refractivity contribution in [1.82, 2.24) is 0 Å². The number of ether oxygens (including phenoxy) is 4. The number of hydrogen-bond acceptors (Lipinski definition) is 6. The zero-order valence-electron chi connectivity index (χ0n) is 18.6. The first-order valence-electron chi connectivity index (χ1n) is 11.9. The van der Waals surface area contributed by atoms with E-state index in [1.165, 1.54) is 32.6 Å². The van der Waals surface area contributed by atoms with Gasteiger partial charge >= 0.3 is 11.9 Å². The van der Waals surface area contributed by atoms with Crippen LogP contribution in [-0.2, 0) is 28.5 Å². The van der Waals surface area contributed by atoms with Crippen LogP contribution in [0, 0.1) is 11.8 Å². The number of rotatable bonds is 11. The molecule has 3 rings (SSSR count). The van der Waals surface area contributed by atoms with Gasteiger partial charge in [-0.05, 0) is 25.7 Å². The standard InChI is InChI=1S/C24H38O6/c1-3-4-5-6-7-10-18(29-24-11-8-9-14-27-24)12-13-19-20-15-23(26)30-22(20)16-21(19)28-17(2)25/h12-13,18-22,24H,3-11,14-16H2,1-2H3/b13-12+/t18-,19-,20-,21-,22+,24?/m1/s1. The Labute approximate surface area is 180 Å². The van der Waals surface area contributed by atoms with E-state index in [9.17, 15) is 9.59 Å². The van der Waals surface area contributed by atoms with Crippen LogP contribution in [0.3, 0.4) is 0 Å². The lowest BCUT2D eigenvalue weighted by molar-refractivity contribution is -0.179. The molecule has 1 aliphatic carbocycles. The van der Waals surface area contributed by atoms with E-state index < -0.39 is 0 Å². The highest BCUT2D eigenvalue weighted by atomic mass is 16.7. The maximum atomic E-state index is 11.8. The summed E-state index contributed by atoms with van der Waals surface area (Å²) in [7, 11) is 0. The highest BCUT2D eigenvalue weighted by Crippen LogP contribution is 2.43. The van der Waals surface area contributed by atoms with Crippen LogP contribution in [0.15, 0.2) is 12.2 Å². The molecule has 0 bridgehead atoms. The van der Waals surface area contributed by atoms with Crippen LogP contribution in [-0.4, -0.2) is 43.1 Å². The number of unbranched alkanes of at least 4 members (excludes halogenated alkanes) is 4. The smallest absolute Gasteiger partial charge is 0.306 e. The topological polar surface area (TPSA) is 71.1 Å². The van der Waals surface area contributed by atoms with Crippen molar-refractivity contribution in [3.8, 4) is 0 Å². The van der Waals surface area contributed by atoms with Crippen molar-refractivity contribution >= 4 is 11.9 Å². The second-order valence-corrected chi connectivity index (χ2v) is 8.92. The zero-order chi connectivity index (χ0) is 21.3. The molecule has 3 fully saturated rings. The molecule has 0 aromatic rings. The fraction of sp³-hybridized carbons (Fsp3) is 0.833. The molecule has 0 aromatic carbocycles. The summed E-state index contributed by atoms with van der Waals surface area (Å²) in [5, 5.41) is 0. The summed E-state index contributed by atoms with van der Waals surface area (Å²) in [5.41, 5.74) is 0. The molecule has 6 heteroatoms. The summed E-state index contributed by atoms with van der Waals surface area (Å²) in [6, 6.07) is 0. The van der Waals surface area contributed by atoms with E-state index in [1.54, 1.807) is 0 Å². The lowest BCUT2D eigenvalue weighted by atomic mass is 9.91. The zero-order valence-corrected chi connectivity index (χ0v) is 18.6. The lowest BCUT2D eigenvalue weighted by Crippen LogP contribution is -2.28. The minimum absolute atomic E-state index is 0.0104. The van der Waals surface area contributed by atoms with Crippen molar-refractivity contribution < 1.29 is 28.5 Å². The molecule has 30 heavy (non-hydrogen) atoms. The van der Waals surface area contributed by atoms with Gasteiger partial charge in [-0.1, -0.05) is 51.2 Å². The van der Waals surface area contributed by atoms with Gasteiger partial charge in [-0.25, -0.2) is 0 Å². The van der Waals surface area contributed by atoms with Gasteiger partial charge in [0.2, 0.25) is 0 Å². The van der Waals surface area contributed by atoms with Crippen molar-refractivity contribution in [3.05, 3.63) is 12.2 Å². The summed E-state index contributed by atoms with van der Waals surface area (Å²) in [6.45, 7) is 4.42. The minimum atomic E-state index is -0.288. The third kappa shape index (κ3) is 6.81. The first-order valence-corrected chi connectivity index (χ1v) is 11.9. The molecule has 2 aliphatic heterocycles. The molecule has 6 atom stereocenters. The monoisotopic (exact) mass is 422 g/mol. The largest absolute Gasteiger partial charge is 0.462 e. The first kappa shape index (κ1) is 23.3. The Morgan fingerprint density at radius 3 is 2.80 bits per heavy atom. The number of carbonyl (C=O) groups is 2. The van der Waals surface area contributed by atoms with E-state index in [4.69, 9.17) is 18.9 Å². The van der Waals surface area contributed by atoms with Crippen LogP contribution in [0.4, 0.5) is 0 Å². The molecule has 0 radical (unpaired) electrons. The second kappa shape index (κ2) is 11.8. The van der Waals surface area contributed by atoms with Gasteiger partial charge in [0.1, 0.15) is 12.2 Å². The highest BCUT2D eigenvalue weighted by Gasteiger charge is 2.50. The average Bonchev–Trinajstić information content (AvgIpc) is 3.21. The van der Waals surface area contributed by atoms with E-state index in [-0.39, 0.29) is 48.4 Å². The van der Waals surface area contributed by atoms with Gasteiger partial charge in [0.25, 0.3) is 0 Å². The number of hydrogen-bond donors (Lipinski definition) is 0. The Kier molecular flexibility index (Phi) is 9.19. The Balaban J connectivity index is 1.62. The predicted molar refractivity (Wildman–Crippen MR) is 113 cm³/mol. The molecule has 3 aliphatic rings. The third-order valence-corrected chi connectivity index (χ3v) is 6.47.